The molecule has 1 aliphatic heterocycles. The van der Waals surface area contributed by atoms with E-state index in [1.165, 1.54) is 6.07 Å². The van der Waals surface area contributed by atoms with E-state index >= 15 is 0 Å². The van der Waals surface area contributed by atoms with Crippen LogP contribution >= 0.6 is 0 Å². The Morgan fingerprint density at radius 1 is 1.26 bits per heavy atom. The molecular formula is C15H24FN3. The molecule has 1 aromatic carbocycles. The Kier molecular flexibility index (Phi) is 5.31. The molecule has 1 atom stereocenters. The maximum atomic E-state index is 13.3. The lowest BCUT2D eigenvalue weighted by Crippen LogP contribution is -2.45. The first-order valence-electron chi connectivity index (χ1n) is 7.02. The van der Waals surface area contributed by atoms with Crippen LogP contribution in [0.2, 0.25) is 0 Å². The smallest absolute Gasteiger partial charge is 0.123 e. The van der Waals surface area contributed by atoms with E-state index in [1.54, 1.807) is 12.1 Å². The highest BCUT2D eigenvalue weighted by Gasteiger charge is 2.16. The van der Waals surface area contributed by atoms with Crippen LogP contribution in [0.5, 0.6) is 0 Å². The second-order valence-corrected chi connectivity index (χ2v) is 5.33. The van der Waals surface area contributed by atoms with Crippen molar-refractivity contribution in [3.05, 3.63) is 35.6 Å². The van der Waals surface area contributed by atoms with E-state index in [9.17, 15) is 4.39 Å². The van der Waals surface area contributed by atoms with Gasteiger partial charge in [0.15, 0.2) is 0 Å². The standard InChI is InChI=1S/C15H24FN3/c1-17-15(13-4-3-5-14(16)12-13)6-7-19-10-8-18(2)9-11-19/h3-5,12,15,17H,6-11H2,1-2H3. The molecule has 1 aromatic rings. The third-order valence-electron chi connectivity index (χ3n) is 3.93. The minimum atomic E-state index is -0.155. The number of likely N-dealkylation sites (N-methyl/N-ethyl adjacent to an activating group) is 1. The van der Waals surface area contributed by atoms with Crippen LogP contribution < -0.4 is 5.32 Å². The van der Waals surface area contributed by atoms with Crippen LogP contribution in [0.25, 0.3) is 0 Å². The second-order valence-electron chi connectivity index (χ2n) is 5.33. The molecule has 4 heteroatoms. The normalized spacial score (nSPS) is 19.5. The van der Waals surface area contributed by atoms with Gasteiger partial charge in [-0.05, 0) is 38.2 Å². The molecule has 2 rings (SSSR count). The van der Waals surface area contributed by atoms with Gasteiger partial charge in [0.05, 0.1) is 0 Å². The summed E-state index contributed by atoms with van der Waals surface area (Å²) in [6.45, 7) is 5.62. The van der Waals surface area contributed by atoms with Crippen LogP contribution in [0.15, 0.2) is 24.3 Å². The van der Waals surface area contributed by atoms with E-state index in [0.717, 1.165) is 44.7 Å². The summed E-state index contributed by atoms with van der Waals surface area (Å²) in [4.78, 5) is 4.85. The Morgan fingerprint density at radius 3 is 2.63 bits per heavy atom. The molecule has 0 radical (unpaired) electrons. The van der Waals surface area contributed by atoms with Crippen LogP contribution in [0.3, 0.4) is 0 Å². The monoisotopic (exact) mass is 265 g/mol. The van der Waals surface area contributed by atoms with E-state index in [4.69, 9.17) is 0 Å². The number of hydrogen-bond acceptors (Lipinski definition) is 3. The van der Waals surface area contributed by atoms with Gasteiger partial charge >= 0.3 is 0 Å². The molecule has 1 aliphatic rings. The third-order valence-corrected chi connectivity index (χ3v) is 3.93. The van der Waals surface area contributed by atoms with Crippen molar-refractivity contribution < 1.29 is 4.39 Å². The van der Waals surface area contributed by atoms with Gasteiger partial charge in [-0.25, -0.2) is 4.39 Å². The summed E-state index contributed by atoms with van der Waals surface area (Å²) in [5, 5.41) is 3.29. The Hall–Kier alpha value is -0.970. The molecule has 1 saturated heterocycles. The molecule has 1 fully saturated rings. The van der Waals surface area contributed by atoms with Crippen molar-refractivity contribution in [1.29, 1.82) is 0 Å². The lowest BCUT2D eigenvalue weighted by Gasteiger charge is -2.33. The first-order chi connectivity index (χ1) is 9.19. The molecule has 0 aliphatic carbocycles. The molecule has 1 heterocycles. The summed E-state index contributed by atoms with van der Waals surface area (Å²) in [6, 6.07) is 7.14. The van der Waals surface area contributed by atoms with Crippen molar-refractivity contribution >= 4 is 0 Å². The molecule has 1 unspecified atom stereocenters. The molecule has 3 nitrogen and oxygen atoms in total. The minimum absolute atomic E-state index is 0.155. The van der Waals surface area contributed by atoms with E-state index in [0.29, 0.717) is 0 Å². The second kappa shape index (κ2) is 6.98. The molecule has 0 saturated carbocycles. The summed E-state index contributed by atoms with van der Waals surface area (Å²) < 4.78 is 13.3. The van der Waals surface area contributed by atoms with Crippen LogP contribution in [-0.4, -0.2) is 56.6 Å². The lowest BCUT2D eigenvalue weighted by atomic mass is 10.0. The highest BCUT2D eigenvalue weighted by molar-refractivity contribution is 5.20. The Bertz CT molecular complexity index is 389. The predicted molar refractivity (Wildman–Crippen MR) is 76.8 cm³/mol. The molecule has 106 valence electrons. The molecule has 0 bridgehead atoms. The highest BCUT2D eigenvalue weighted by atomic mass is 19.1. The quantitative estimate of drug-likeness (QED) is 0.874. The maximum absolute atomic E-state index is 13.3. The number of hydrogen-bond donors (Lipinski definition) is 1. The molecule has 0 amide bonds. The van der Waals surface area contributed by atoms with E-state index in [-0.39, 0.29) is 11.9 Å². The zero-order chi connectivity index (χ0) is 13.7. The zero-order valence-corrected chi connectivity index (χ0v) is 11.9. The summed E-state index contributed by atoms with van der Waals surface area (Å²) in [5.74, 6) is -0.155. The van der Waals surface area contributed by atoms with Gasteiger partial charge in [-0.15, -0.1) is 0 Å². The molecular weight excluding hydrogens is 241 g/mol. The van der Waals surface area contributed by atoms with Crippen LogP contribution in [0.1, 0.15) is 18.0 Å². The number of nitrogens with zero attached hydrogens (tertiary/aromatic N) is 2. The van der Waals surface area contributed by atoms with Crippen LogP contribution in [0, 0.1) is 5.82 Å². The Balaban J connectivity index is 1.86. The fourth-order valence-electron chi connectivity index (χ4n) is 2.58. The van der Waals surface area contributed by atoms with Crippen LogP contribution in [0.4, 0.5) is 4.39 Å². The molecule has 19 heavy (non-hydrogen) atoms. The number of halogens is 1. The van der Waals surface area contributed by atoms with Gasteiger partial charge < -0.3 is 15.1 Å². The largest absolute Gasteiger partial charge is 0.313 e. The van der Waals surface area contributed by atoms with Crippen molar-refractivity contribution in [1.82, 2.24) is 15.1 Å². The lowest BCUT2D eigenvalue weighted by molar-refractivity contribution is 0.149. The summed E-state index contributed by atoms with van der Waals surface area (Å²) in [5.41, 5.74) is 1.04. The number of nitrogens with one attached hydrogen (secondary N) is 1. The summed E-state index contributed by atoms with van der Waals surface area (Å²) in [6.07, 6.45) is 1.02. The average Bonchev–Trinajstić information content (AvgIpc) is 2.42. The first kappa shape index (κ1) is 14.4. The number of piperazine rings is 1. The maximum Gasteiger partial charge on any atom is 0.123 e. The van der Waals surface area contributed by atoms with Crippen LogP contribution in [-0.2, 0) is 0 Å². The predicted octanol–water partition coefficient (Wildman–Crippen LogP) is 1.72. The van der Waals surface area contributed by atoms with Gasteiger partial charge in [-0.1, -0.05) is 12.1 Å². The Labute approximate surface area is 115 Å². The Morgan fingerprint density at radius 2 is 2.00 bits per heavy atom. The first-order valence-corrected chi connectivity index (χ1v) is 7.02. The molecule has 0 aromatic heterocycles. The van der Waals surface area contributed by atoms with Crippen molar-refractivity contribution in [2.45, 2.75) is 12.5 Å². The van der Waals surface area contributed by atoms with Gasteiger partial charge in [0.2, 0.25) is 0 Å². The van der Waals surface area contributed by atoms with Gasteiger partial charge in [0.25, 0.3) is 0 Å². The summed E-state index contributed by atoms with van der Waals surface area (Å²) in [7, 11) is 4.11. The van der Waals surface area contributed by atoms with Gasteiger partial charge in [-0.2, -0.15) is 0 Å². The van der Waals surface area contributed by atoms with Crippen molar-refractivity contribution in [3.8, 4) is 0 Å². The fraction of sp³-hybridized carbons (Fsp3) is 0.600. The summed E-state index contributed by atoms with van der Waals surface area (Å²) >= 11 is 0. The van der Waals surface area contributed by atoms with E-state index < -0.39 is 0 Å². The topological polar surface area (TPSA) is 18.5 Å². The number of rotatable bonds is 5. The zero-order valence-electron chi connectivity index (χ0n) is 11.9. The van der Waals surface area contributed by atoms with E-state index in [1.807, 2.05) is 13.1 Å². The SMILES string of the molecule is CNC(CCN1CCN(C)CC1)c1cccc(F)c1. The molecule has 1 N–H and O–H groups in total. The minimum Gasteiger partial charge on any atom is -0.313 e. The van der Waals surface area contributed by atoms with Crippen molar-refractivity contribution in [3.63, 3.8) is 0 Å². The molecule has 0 spiro atoms. The number of benzene rings is 1. The van der Waals surface area contributed by atoms with Gasteiger partial charge in [-0.3, -0.25) is 0 Å². The van der Waals surface area contributed by atoms with Gasteiger partial charge in [0.1, 0.15) is 5.82 Å². The average molecular weight is 265 g/mol. The third kappa shape index (κ3) is 4.27. The van der Waals surface area contributed by atoms with E-state index in [2.05, 4.69) is 22.2 Å². The van der Waals surface area contributed by atoms with Crippen molar-refractivity contribution in [2.75, 3.05) is 46.8 Å². The van der Waals surface area contributed by atoms with Crippen molar-refractivity contribution in [2.24, 2.45) is 0 Å². The van der Waals surface area contributed by atoms with Gasteiger partial charge in [0, 0.05) is 38.8 Å². The fourth-order valence-corrected chi connectivity index (χ4v) is 2.58. The highest BCUT2D eigenvalue weighted by Crippen LogP contribution is 2.18.